The standard InChI is InChI=1S/C17H28N2/c1-4-16(19-12-10-14(2)11-13-19)17(18-3)15-8-6-5-7-9-15/h5-9,14,16-18H,4,10-13H2,1-3H3. The zero-order chi connectivity index (χ0) is 13.7. The van der Waals surface area contributed by atoms with Crippen LogP contribution >= 0.6 is 0 Å². The summed E-state index contributed by atoms with van der Waals surface area (Å²) in [6.07, 6.45) is 3.90. The zero-order valence-electron chi connectivity index (χ0n) is 12.6. The lowest BCUT2D eigenvalue weighted by molar-refractivity contribution is 0.109. The molecule has 2 nitrogen and oxygen atoms in total. The number of nitrogens with one attached hydrogen (secondary N) is 1. The van der Waals surface area contributed by atoms with Crippen molar-refractivity contribution in [1.29, 1.82) is 0 Å². The Kier molecular flexibility index (Phi) is 5.41. The second kappa shape index (κ2) is 7.06. The van der Waals surface area contributed by atoms with Crippen LogP contribution in [0, 0.1) is 5.92 Å². The van der Waals surface area contributed by atoms with Crippen LogP contribution in [0.15, 0.2) is 30.3 Å². The molecule has 1 fully saturated rings. The molecule has 0 aromatic heterocycles. The van der Waals surface area contributed by atoms with Gasteiger partial charge in [-0.3, -0.25) is 4.90 Å². The molecule has 2 rings (SSSR count). The van der Waals surface area contributed by atoms with Crippen molar-refractivity contribution in [2.75, 3.05) is 20.1 Å². The SMILES string of the molecule is CCC(C(NC)c1ccccc1)N1CCC(C)CC1. The summed E-state index contributed by atoms with van der Waals surface area (Å²) in [7, 11) is 2.09. The normalized spacial score (nSPS) is 21.2. The maximum absolute atomic E-state index is 3.54. The third-order valence-corrected chi connectivity index (χ3v) is 4.56. The van der Waals surface area contributed by atoms with E-state index >= 15 is 0 Å². The van der Waals surface area contributed by atoms with Crippen molar-refractivity contribution in [3.05, 3.63) is 35.9 Å². The van der Waals surface area contributed by atoms with Crippen molar-refractivity contribution in [2.45, 2.75) is 45.2 Å². The Morgan fingerprint density at radius 2 is 1.84 bits per heavy atom. The summed E-state index contributed by atoms with van der Waals surface area (Å²) in [5, 5.41) is 3.54. The number of hydrogen-bond acceptors (Lipinski definition) is 2. The van der Waals surface area contributed by atoms with Gasteiger partial charge in [0.2, 0.25) is 0 Å². The van der Waals surface area contributed by atoms with Crippen LogP contribution in [-0.4, -0.2) is 31.1 Å². The predicted molar refractivity (Wildman–Crippen MR) is 82.3 cm³/mol. The van der Waals surface area contributed by atoms with Gasteiger partial charge in [0.05, 0.1) is 0 Å². The van der Waals surface area contributed by atoms with E-state index in [1.807, 2.05) is 0 Å². The topological polar surface area (TPSA) is 15.3 Å². The molecule has 2 unspecified atom stereocenters. The van der Waals surface area contributed by atoms with E-state index in [2.05, 4.69) is 61.4 Å². The molecule has 0 bridgehead atoms. The van der Waals surface area contributed by atoms with Crippen molar-refractivity contribution < 1.29 is 0 Å². The fourth-order valence-electron chi connectivity index (χ4n) is 3.31. The molecular weight excluding hydrogens is 232 g/mol. The smallest absolute Gasteiger partial charge is 0.0475 e. The summed E-state index contributed by atoms with van der Waals surface area (Å²) < 4.78 is 0. The van der Waals surface area contributed by atoms with E-state index in [1.165, 1.54) is 37.9 Å². The van der Waals surface area contributed by atoms with Crippen molar-refractivity contribution >= 4 is 0 Å². The Bertz CT molecular complexity index is 355. The van der Waals surface area contributed by atoms with Crippen LogP contribution in [-0.2, 0) is 0 Å². The van der Waals surface area contributed by atoms with Crippen LogP contribution in [0.3, 0.4) is 0 Å². The molecule has 1 aromatic carbocycles. The summed E-state index contributed by atoms with van der Waals surface area (Å²) in [6, 6.07) is 11.9. The Morgan fingerprint density at radius 3 is 2.37 bits per heavy atom. The van der Waals surface area contributed by atoms with E-state index in [-0.39, 0.29) is 0 Å². The van der Waals surface area contributed by atoms with Crippen molar-refractivity contribution in [2.24, 2.45) is 5.92 Å². The van der Waals surface area contributed by atoms with E-state index < -0.39 is 0 Å². The van der Waals surface area contributed by atoms with Crippen LogP contribution in [0.4, 0.5) is 0 Å². The number of likely N-dealkylation sites (N-methyl/N-ethyl adjacent to an activating group) is 1. The van der Waals surface area contributed by atoms with Gasteiger partial charge in [-0.15, -0.1) is 0 Å². The lowest BCUT2D eigenvalue weighted by atomic mass is 9.92. The maximum Gasteiger partial charge on any atom is 0.0475 e. The maximum atomic E-state index is 3.54. The number of hydrogen-bond donors (Lipinski definition) is 1. The van der Waals surface area contributed by atoms with Gasteiger partial charge < -0.3 is 5.32 Å². The molecule has 2 heteroatoms. The first kappa shape index (κ1) is 14.5. The van der Waals surface area contributed by atoms with Gasteiger partial charge in [0.15, 0.2) is 0 Å². The zero-order valence-corrected chi connectivity index (χ0v) is 12.6. The Morgan fingerprint density at radius 1 is 1.21 bits per heavy atom. The van der Waals surface area contributed by atoms with E-state index in [0.717, 1.165) is 5.92 Å². The Balaban J connectivity index is 2.10. The van der Waals surface area contributed by atoms with Gasteiger partial charge in [-0.2, -0.15) is 0 Å². The summed E-state index contributed by atoms with van der Waals surface area (Å²) in [4.78, 5) is 2.69. The van der Waals surface area contributed by atoms with Gasteiger partial charge in [0, 0.05) is 12.1 Å². The molecule has 2 atom stereocenters. The highest BCUT2D eigenvalue weighted by atomic mass is 15.2. The van der Waals surface area contributed by atoms with Gasteiger partial charge in [-0.05, 0) is 50.9 Å². The molecule has 1 heterocycles. The highest BCUT2D eigenvalue weighted by Gasteiger charge is 2.28. The largest absolute Gasteiger partial charge is 0.312 e. The molecule has 19 heavy (non-hydrogen) atoms. The number of piperidine rings is 1. The molecule has 1 saturated heterocycles. The van der Waals surface area contributed by atoms with E-state index in [0.29, 0.717) is 12.1 Å². The third-order valence-electron chi connectivity index (χ3n) is 4.56. The number of likely N-dealkylation sites (tertiary alicyclic amines) is 1. The lowest BCUT2D eigenvalue weighted by Gasteiger charge is -2.40. The third kappa shape index (κ3) is 3.58. The molecular formula is C17H28N2. The molecule has 1 N–H and O–H groups in total. The minimum Gasteiger partial charge on any atom is -0.312 e. The molecule has 106 valence electrons. The minimum atomic E-state index is 0.444. The first-order valence-electron chi connectivity index (χ1n) is 7.72. The second-order valence-corrected chi connectivity index (χ2v) is 5.87. The van der Waals surface area contributed by atoms with Crippen molar-refractivity contribution in [3.8, 4) is 0 Å². The molecule has 1 aromatic rings. The molecule has 0 radical (unpaired) electrons. The fourth-order valence-corrected chi connectivity index (χ4v) is 3.31. The second-order valence-electron chi connectivity index (χ2n) is 5.87. The first-order valence-corrected chi connectivity index (χ1v) is 7.72. The average Bonchev–Trinajstić information content (AvgIpc) is 2.47. The van der Waals surface area contributed by atoms with Crippen LogP contribution in [0.1, 0.15) is 44.7 Å². The summed E-state index contributed by atoms with van der Waals surface area (Å²) in [5.74, 6) is 0.901. The monoisotopic (exact) mass is 260 g/mol. The van der Waals surface area contributed by atoms with Gasteiger partial charge in [-0.25, -0.2) is 0 Å². The van der Waals surface area contributed by atoms with Gasteiger partial charge in [0.1, 0.15) is 0 Å². The molecule has 0 amide bonds. The summed E-state index contributed by atoms with van der Waals surface area (Å²) >= 11 is 0. The first-order chi connectivity index (χ1) is 9.26. The fraction of sp³-hybridized carbons (Fsp3) is 0.647. The molecule has 1 aliphatic rings. The summed E-state index contributed by atoms with van der Waals surface area (Å²) in [5.41, 5.74) is 1.41. The van der Waals surface area contributed by atoms with Crippen LogP contribution in [0.5, 0.6) is 0 Å². The highest BCUT2D eigenvalue weighted by molar-refractivity contribution is 5.20. The van der Waals surface area contributed by atoms with Gasteiger partial charge in [0.25, 0.3) is 0 Å². The number of benzene rings is 1. The van der Waals surface area contributed by atoms with E-state index in [9.17, 15) is 0 Å². The molecule has 1 aliphatic heterocycles. The van der Waals surface area contributed by atoms with E-state index in [4.69, 9.17) is 0 Å². The van der Waals surface area contributed by atoms with Crippen LogP contribution in [0.25, 0.3) is 0 Å². The minimum absolute atomic E-state index is 0.444. The van der Waals surface area contributed by atoms with Crippen molar-refractivity contribution in [1.82, 2.24) is 10.2 Å². The van der Waals surface area contributed by atoms with Gasteiger partial charge in [-0.1, -0.05) is 44.2 Å². The van der Waals surface area contributed by atoms with Crippen molar-refractivity contribution in [3.63, 3.8) is 0 Å². The Hall–Kier alpha value is -0.860. The summed E-state index contributed by atoms with van der Waals surface area (Å²) in [6.45, 7) is 7.20. The molecule has 0 aliphatic carbocycles. The highest BCUT2D eigenvalue weighted by Crippen LogP contribution is 2.27. The molecule has 0 spiro atoms. The van der Waals surface area contributed by atoms with E-state index in [1.54, 1.807) is 0 Å². The van der Waals surface area contributed by atoms with Gasteiger partial charge >= 0.3 is 0 Å². The van der Waals surface area contributed by atoms with Crippen LogP contribution < -0.4 is 5.32 Å². The number of rotatable bonds is 5. The molecule has 0 saturated carbocycles. The quantitative estimate of drug-likeness (QED) is 0.872. The average molecular weight is 260 g/mol. The lowest BCUT2D eigenvalue weighted by Crippen LogP contribution is -2.47. The Labute approximate surface area is 118 Å². The van der Waals surface area contributed by atoms with Crippen LogP contribution in [0.2, 0.25) is 0 Å². The number of nitrogens with zero attached hydrogens (tertiary/aromatic N) is 1. The predicted octanol–water partition coefficient (Wildman–Crippen LogP) is 3.46.